The van der Waals surface area contributed by atoms with Crippen LogP contribution in [0.4, 0.5) is 0 Å². The summed E-state index contributed by atoms with van der Waals surface area (Å²) in [6.07, 6.45) is 0. The highest BCUT2D eigenvalue weighted by atomic mass is 35.5. The number of carbonyl (C=O) groups is 2. The molecule has 0 aliphatic rings. The molecule has 0 saturated carbocycles. The van der Waals surface area contributed by atoms with E-state index in [0.29, 0.717) is 28.8 Å². The molecule has 1 heterocycles. The molecule has 0 fully saturated rings. The van der Waals surface area contributed by atoms with Gasteiger partial charge in [-0.3, -0.25) is 9.59 Å². The Bertz CT molecular complexity index is 644. The fraction of sp³-hybridized carbons (Fsp3) is 0.250. The van der Waals surface area contributed by atoms with Gasteiger partial charge in [0, 0.05) is 5.02 Å². The quantitative estimate of drug-likeness (QED) is 0.753. The molecule has 0 aliphatic heterocycles. The number of hydrogen-bond donors (Lipinski definition) is 2. The number of halogens is 1. The van der Waals surface area contributed by atoms with Gasteiger partial charge >= 0.3 is 0 Å². The van der Waals surface area contributed by atoms with Crippen LogP contribution in [0, 0.1) is 0 Å². The first-order chi connectivity index (χ1) is 11.1. The minimum absolute atomic E-state index is 0.250. The second-order valence-corrected chi connectivity index (χ2v) is 6.15. The summed E-state index contributed by atoms with van der Waals surface area (Å²) >= 11 is 7.11. The third-order valence-electron chi connectivity index (χ3n) is 2.97. The number of rotatable bonds is 7. The van der Waals surface area contributed by atoms with Crippen LogP contribution in [0.2, 0.25) is 5.02 Å². The summed E-state index contributed by atoms with van der Waals surface area (Å²) in [5, 5.41) is 7.82. The molecule has 2 aromatic rings. The van der Waals surface area contributed by atoms with Crippen molar-refractivity contribution < 1.29 is 14.3 Å². The molecule has 1 aromatic heterocycles. The first kappa shape index (κ1) is 17.3. The van der Waals surface area contributed by atoms with Gasteiger partial charge in [0.1, 0.15) is 18.4 Å². The highest BCUT2D eigenvalue weighted by Crippen LogP contribution is 2.15. The van der Waals surface area contributed by atoms with Crippen LogP contribution in [0.25, 0.3) is 0 Å². The summed E-state index contributed by atoms with van der Waals surface area (Å²) in [6.45, 7) is 2.32. The zero-order chi connectivity index (χ0) is 16.7. The van der Waals surface area contributed by atoms with Crippen LogP contribution < -0.4 is 15.4 Å². The van der Waals surface area contributed by atoms with E-state index in [-0.39, 0.29) is 11.8 Å². The van der Waals surface area contributed by atoms with Crippen molar-refractivity contribution in [3.05, 3.63) is 51.7 Å². The molecule has 5 nitrogen and oxygen atoms in total. The van der Waals surface area contributed by atoms with E-state index in [1.807, 2.05) is 5.38 Å². The van der Waals surface area contributed by atoms with Crippen LogP contribution in [0.3, 0.4) is 0 Å². The molecular weight excluding hydrogens is 336 g/mol. The molecule has 1 atom stereocenters. The normalized spacial score (nSPS) is 11.6. The predicted octanol–water partition coefficient (Wildman–Crippen LogP) is 2.72. The van der Waals surface area contributed by atoms with Crippen molar-refractivity contribution in [2.24, 2.45) is 0 Å². The number of ether oxygens (including phenoxy) is 1. The summed E-state index contributed by atoms with van der Waals surface area (Å²) in [5.74, 6) is 0.178. The lowest BCUT2D eigenvalue weighted by molar-refractivity contribution is -0.122. The lowest BCUT2D eigenvalue weighted by Gasteiger charge is -2.14. The number of benzene rings is 1. The second kappa shape index (κ2) is 8.55. The smallest absolute Gasteiger partial charge is 0.261 e. The Balaban J connectivity index is 1.67. The monoisotopic (exact) mass is 352 g/mol. The molecule has 23 heavy (non-hydrogen) atoms. The molecule has 0 radical (unpaired) electrons. The van der Waals surface area contributed by atoms with Crippen molar-refractivity contribution in [2.75, 3.05) is 13.2 Å². The summed E-state index contributed by atoms with van der Waals surface area (Å²) < 4.78 is 5.47. The zero-order valence-corrected chi connectivity index (χ0v) is 14.1. The maximum absolute atomic E-state index is 11.9. The predicted molar refractivity (Wildman–Crippen MR) is 91.2 cm³/mol. The Morgan fingerprint density at radius 2 is 2.00 bits per heavy atom. The molecule has 2 rings (SSSR count). The topological polar surface area (TPSA) is 67.4 Å². The number of nitrogens with one attached hydrogen (secondary N) is 2. The summed E-state index contributed by atoms with van der Waals surface area (Å²) in [6, 6.07) is 9.88. The maximum atomic E-state index is 11.9. The van der Waals surface area contributed by atoms with Gasteiger partial charge in [0.15, 0.2) is 0 Å². The van der Waals surface area contributed by atoms with Gasteiger partial charge in [-0.2, -0.15) is 0 Å². The van der Waals surface area contributed by atoms with Crippen LogP contribution in [-0.2, 0) is 4.79 Å². The minimum Gasteiger partial charge on any atom is -0.492 e. The molecule has 2 amide bonds. The lowest BCUT2D eigenvalue weighted by atomic mass is 10.3. The molecule has 0 bridgehead atoms. The van der Waals surface area contributed by atoms with Gasteiger partial charge in [-0.1, -0.05) is 17.7 Å². The molecular formula is C16H17ClN2O3S. The minimum atomic E-state index is -0.611. The van der Waals surface area contributed by atoms with Gasteiger partial charge in [-0.05, 0) is 42.6 Å². The van der Waals surface area contributed by atoms with Crippen molar-refractivity contribution >= 4 is 34.8 Å². The molecule has 0 spiro atoms. The summed E-state index contributed by atoms with van der Waals surface area (Å²) in [4.78, 5) is 24.3. The highest BCUT2D eigenvalue weighted by Gasteiger charge is 2.16. The van der Waals surface area contributed by atoms with E-state index in [1.54, 1.807) is 43.3 Å². The number of thiophene rings is 1. The van der Waals surface area contributed by atoms with Crippen LogP contribution in [0.5, 0.6) is 5.75 Å². The summed E-state index contributed by atoms with van der Waals surface area (Å²) in [7, 11) is 0. The highest BCUT2D eigenvalue weighted by molar-refractivity contribution is 7.12. The molecule has 2 N–H and O–H groups in total. The van der Waals surface area contributed by atoms with Crippen LogP contribution in [-0.4, -0.2) is 31.0 Å². The van der Waals surface area contributed by atoms with Crippen LogP contribution >= 0.6 is 22.9 Å². The second-order valence-electron chi connectivity index (χ2n) is 4.77. The SMILES string of the molecule is CC(NC(=O)c1cccs1)C(=O)NCCOc1ccc(Cl)cc1. The van der Waals surface area contributed by atoms with E-state index in [9.17, 15) is 9.59 Å². The van der Waals surface area contributed by atoms with Gasteiger partial charge in [0.05, 0.1) is 11.4 Å². The molecule has 1 aromatic carbocycles. The van der Waals surface area contributed by atoms with Crippen LogP contribution in [0.15, 0.2) is 41.8 Å². The Morgan fingerprint density at radius 1 is 1.26 bits per heavy atom. The Kier molecular flexibility index (Phi) is 6.43. The van der Waals surface area contributed by atoms with E-state index >= 15 is 0 Å². The van der Waals surface area contributed by atoms with E-state index < -0.39 is 6.04 Å². The standard InChI is InChI=1S/C16H17ClN2O3S/c1-11(19-16(21)14-3-2-10-23-14)15(20)18-8-9-22-13-6-4-12(17)5-7-13/h2-7,10-11H,8-9H2,1H3,(H,18,20)(H,19,21). The largest absolute Gasteiger partial charge is 0.492 e. The van der Waals surface area contributed by atoms with E-state index in [2.05, 4.69) is 10.6 Å². The van der Waals surface area contributed by atoms with Crippen molar-refractivity contribution in [1.29, 1.82) is 0 Å². The van der Waals surface area contributed by atoms with Crippen LogP contribution in [0.1, 0.15) is 16.6 Å². The molecule has 0 aliphatic carbocycles. The lowest BCUT2D eigenvalue weighted by Crippen LogP contribution is -2.45. The number of amides is 2. The first-order valence-electron chi connectivity index (χ1n) is 7.06. The van der Waals surface area contributed by atoms with Gasteiger partial charge in [0.25, 0.3) is 5.91 Å². The number of hydrogen-bond acceptors (Lipinski definition) is 4. The van der Waals surface area contributed by atoms with E-state index in [1.165, 1.54) is 11.3 Å². The fourth-order valence-electron chi connectivity index (χ4n) is 1.77. The van der Waals surface area contributed by atoms with E-state index in [0.717, 1.165) is 0 Å². The third-order valence-corrected chi connectivity index (χ3v) is 4.09. The van der Waals surface area contributed by atoms with Crippen molar-refractivity contribution in [3.8, 4) is 5.75 Å². The van der Waals surface area contributed by atoms with E-state index in [4.69, 9.17) is 16.3 Å². The fourth-order valence-corrected chi connectivity index (χ4v) is 2.52. The van der Waals surface area contributed by atoms with Gasteiger partial charge < -0.3 is 15.4 Å². The third kappa shape index (κ3) is 5.58. The maximum Gasteiger partial charge on any atom is 0.261 e. The van der Waals surface area contributed by atoms with Crippen molar-refractivity contribution in [1.82, 2.24) is 10.6 Å². The number of carbonyl (C=O) groups excluding carboxylic acids is 2. The average molecular weight is 353 g/mol. The summed E-state index contributed by atoms with van der Waals surface area (Å²) in [5.41, 5.74) is 0. The Morgan fingerprint density at radius 3 is 2.65 bits per heavy atom. The Labute approximate surface area is 143 Å². The average Bonchev–Trinajstić information content (AvgIpc) is 3.07. The van der Waals surface area contributed by atoms with Crippen molar-refractivity contribution in [3.63, 3.8) is 0 Å². The van der Waals surface area contributed by atoms with Gasteiger partial charge in [0.2, 0.25) is 5.91 Å². The molecule has 7 heteroatoms. The zero-order valence-electron chi connectivity index (χ0n) is 12.5. The van der Waals surface area contributed by atoms with Gasteiger partial charge in [-0.25, -0.2) is 0 Å². The van der Waals surface area contributed by atoms with Crippen molar-refractivity contribution in [2.45, 2.75) is 13.0 Å². The first-order valence-corrected chi connectivity index (χ1v) is 8.32. The molecule has 122 valence electrons. The molecule has 1 unspecified atom stereocenters. The Hall–Kier alpha value is -2.05. The molecule has 0 saturated heterocycles. The van der Waals surface area contributed by atoms with Gasteiger partial charge in [-0.15, -0.1) is 11.3 Å².